The minimum absolute atomic E-state index is 0.0826. The van der Waals surface area contributed by atoms with E-state index in [1.165, 1.54) is 12.1 Å². The summed E-state index contributed by atoms with van der Waals surface area (Å²) in [6, 6.07) is 4.53. The SMILES string of the molecule is Fc1ccc(C(F)(F)C2CCNCC2)cc1. The van der Waals surface area contributed by atoms with Crippen molar-refractivity contribution in [2.24, 2.45) is 5.92 Å². The predicted octanol–water partition coefficient (Wildman–Crippen LogP) is 2.92. The van der Waals surface area contributed by atoms with Crippen molar-refractivity contribution in [2.45, 2.75) is 18.8 Å². The fourth-order valence-electron chi connectivity index (χ4n) is 2.09. The molecule has 1 saturated heterocycles. The van der Waals surface area contributed by atoms with E-state index < -0.39 is 17.7 Å². The highest BCUT2D eigenvalue weighted by atomic mass is 19.3. The Morgan fingerprint density at radius 1 is 1.06 bits per heavy atom. The maximum Gasteiger partial charge on any atom is 0.276 e. The first-order valence-corrected chi connectivity index (χ1v) is 5.45. The molecule has 1 fully saturated rings. The van der Waals surface area contributed by atoms with Gasteiger partial charge in [0.15, 0.2) is 0 Å². The van der Waals surface area contributed by atoms with Crippen molar-refractivity contribution in [3.63, 3.8) is 0 Å². The third kappa shape index (κ3) is 2.21. The van der Waals surface area contributed by atoms with E-state index >= 15 is 0 Å². The van der Waals surface area contributed by atoms with E-state index in [0.717, 1.165) is 12.1 Å². The molecule has 4 heteroatoms. The zero-order chi connectivity index (χ0) is 11.6. The lowest BCUT2D eigenvalue weighted by molar-refractivity contribution is -0.0753. The number of rotatable bonds is 2. The molecule has 0 saturated carbocycles. The van der Waals surface area contributed by atoms with Crippen molar-refractivity contribution >= 4 is 0 Å². The molecule has 1 nitrogen and oxygen atoms in total. The van der Waals surface area contributed by atoms with Gasteiger partial charge in [0.25, 0.3) is 5.92 Å². The van der Waals surface area contributed by atoms with E-state index in [-0.39, 0.29) is 5.56 Å². The van der Waals surface area contributed by atoms with E-state index in [1.807, 2.05) is 0 Å². The molecular weight excluding hydrogens is 215 g/mol. The molecule has 1 aromatic rings. The van der Waals surface area contributed by atoms with E-state index in [2.05, 4.69) is 5.32 Å². The van der Waals surface area contributed by atoms with Gasteiger partial charge in [0.1, 0.15) is 5.82 Å². The van der Waals surface area contributed by atoms with Crippen molar-refractivity contribution in [1.29, 1.82) is 0 Å². The van der Waals surface area contributed by atoms with Crippen LogP contribution in [0.5, 0.6) is 0 Å². The second-order valence-electron chi connectivity index (χ2n) is 4.15. The predicted molar refractivity (Wildman–Crippen MR) is 55.9 cm³/mol. The molecule has 0 amide bonds. The molecule has 88 valence electrons. The molecule has 0 atom stereocenters. The van der Waals surface area contributed by atoms with Crippen molar-refractivity contribution < 1.29 is 13.2 Å². The Morgan fingerprint density at radius 3 is 2.19 bits per heavy atom. The summed E-state index contributed by atoms with van der Waals surface area (Å²) in [6.45, 7) is 1.25. The number of nitrogens with one attached hydrogen (secondary N) is 1. The van der Waals surface area contributed by atoms with Gasteiger partial charge < -0.3 is 5.32 Å². The molecule has 0 radical (unpaired) electrons. The summed E-state index contributed by atoms with van der Waals surface area (Å²) in [7, 11) is 0. The second-order valence-corrected chi connectivity index (χ2v) is 4.15. The van der Waals surface area contributed by atoms with Crippen LogP contribution in [0.25, 0.3) is 0 Å². The van der Waals surface area contributed by atoms with Crippen LogP contribution in [0, 0.1) is 11.7 Å². The first kappa shape index (κ1) is 11.5. The van der Waals surface area contributed by atoms with Crippen LogP contribution in [0.3, 0.4) is 0 Å². The molecule has 0 spiro atoms. The van der Waals surface area contributed by atoms with Gasteiger partial charge in [0, 0.05) is 11.5 Å². The minimum atomic E-state index is -2.85. The lowest BCUT2D eigenvalue weighted by Crippen LogP contribution is -2.36. The van der Waals surface area contributed by atoms with Gasteiger partial charge in [-0.1, -0.05) is 12.1 Å². The number of halogens is 3. The van der Waals surface area contributed by atoms with Gasteiger partial charge in [0.05, 0.1) is 0 Å². The molecule has 0 bridgehead atoms. The summed E-state index contributed by atoms with van der Waals surface area (Å²) in [6.07, 6.45) is 0.925. The van der Waals surface area contributed by atoms with Crippen molar-refractivity contribution in [1.82, 2.24) is 5.32 Å². The summed E-state index contributed by atoms with van der Waals surface area (Å²) >= 11 is 0. The van der Waals surface area contributed by atoms with Gasteiger partial charge in [0.2, 0.25) is 0 Å². The van der Waals surface area contributed by atoms with Crippen LogP contribution >= 0.6 is 0 Å². The number of alkyl halides is 2. The van der Waals surface area contributed by atoms with Crippen molar-refractivity contribution in [3.05, 3.63) is 35.6 Å². The maximum absolute atomic E-state index is 14.0. The average molecular weight is 229 g/mol. The lowest BCUT2D eigenvalue weighted by atomic mass is 9.87. The average Bonchev–Trinajstić information content (AvgIpc) is 2.31. The second kappa shape index (κ2) is 4.45. The molecule has 1 aromatic carbocycles. The van der Waals surface area contributed by atoms with Crippen molar-refractivity contribution in [3.8, 4) is 0 Å². The van der Waals surface area contributed by atoms with Gasteiger partial charge in [-0.3, -0.25) is 0 Å². The largest absolute Gasteiger partial charge is 0.317 e. The standard InChI is InChI=1S/C12H14F3N/c13-11-3-1-9(2-4-11)12(14,15)10-5-7-16-8-6-10/h1-4,10,16H,5-8H2. The van der Waals surface area contributed by atoms with Crippen molar-refractivity contribution in [2.75, 3.05) is 13.1 Å². The maximum atomic E-state index is 14.0. The Hall–Kier alpha value is -1.03. The number of piperidine rings is 1. The van der Waals surface area contributed by atoms with Crippen LogP contribution in [-0.4, -0.2) is 13.1 Å². The van der Waals surface area contributed by atoms with Crippen LogP contribution in [0.15, 0.2) is 24.3 Å². The Morgan fingerprint density at radius 2 is 1.62 bits per heavy atom. The number of hydrogen-bond acceptors (Lipinski definition) is 1. The van der Waals surface area contributed by atoms with Crippen LogP contribution in [0.1, 0.15) is 18.4 Å². The Bertz CT molecular complexity index is 342. The summed E-state index contributed by atoms with van der Waals surface area (Å²) in [5.74, 6) is -3.97. The highest BCUT2D eigenvalue weighted by Gasteiger charge is 2.41. The topological polar surface area (TPSA) is 12.0 Å². The third-order valence-corrected chi connectivity index (χ3v) is 3.08. The van der Waals surface area contributed by atoms with Crippen LogP contribution in [0.4, 0.5) is 13.2 Å². The van der Waals surface area contributed by atoms with E-state index in [0.29, 0.717) is 25.9 Å². The van der Waals surface area contributed by atoms with Gasteiger partial charge in [-0.15, -0.1) is 0 Å². The van der Waals surface area contributed by atoms with E-state index in [4.69, 9.17) is 0 Å². The lowest BCUT2D eigenvalue weighted by Gasteiger charge is -2.30. The van der Waals surface area contributed by atoms with E-state index in [1.54, 1.807) is 0 Å². The smallest absolute Gasteiger partial charge is 0.276 e. The Balaban J connectivity index is 2.19. The minimum Gasteiger partial charge on any atom is -0.317 e. The zero-order valence-electron chi connectivity index (χ0n) is 8.85. The number of hydrogen-bond donors (Lipinski definition) is 1. The molecule has 0 aliphatic carbocycles. The zero-order valence-corrected chi connectivity index (χ0v) is 8.85. The first-order valence-electron chi connectivity index (χ1n) is 5.45. The van der Waals surface area contributed by atoms with Gasteiger partial charge >= 0.3 is 0 Å². The first-order chi connectivity index (χ1) is 7.60. The quantitative estimate of drug-likeness (QED) is 0.822. The summed E-state index contributed by atoms with van der Waals surface area (Å²) < 4.78 is 40.7. The molecule has 0 unspecified atom stereocenters. The Kier molecular flexibility index (Phi) is 3.19. The normalized spacial score (nSPS) is 18.7. The number of benzene rings is 1. The fraction of sp³-hybridized carbons (Fsp3) is 0.500. The van der Waals surface area contributed by atoms with Gasteiger partial charge in [-0.25, -0.2) is 13.2 Å². The van der Waals surface area contributed by atoms with Crippen LogP contribution in [0.2, 0.25) is 0 Å². The monoisotopic (exact) mass is 229 g/mol. The molecular formula is C12H14F3N. The summed E-state index contributed by atoms with van der Waals surface area (Å²) in [5.41, 5.74) is -0.0826. The molecule has 16 heavy (non-hydrogen) atoms. The summed E-state index contributed by atoms with van der Waals surface area (Å²) in [4.78, 5) is 0. The molecule has 1 aliphatic rings. The highest BCUT2D eigenvalue weighted by molar-refractivity contribution is 5.22. The van der Waals surface area contributed by atoms with Gasteiger partial charge in [-0.2, -0.15) is 0 Å². The van der Waals surface area contributed by atoms with Crippen LogP contribution in [-0.2, 0) is 5.92 Å². The van der Waals surface area contributed by atoms with Crippen LogP contribution < -0.4 is 5.32 Å². The molecule has 1 heterocycles. The molecule has 1 aliphatic heterocycles. The Labute approximate surface area is 92.7 Å². The third-order valence-electron chi connectivity index (χ3n) is 3.08. The fourth-order valence-corrected chi connectivity index (χ4v) is 2.09. The molecule has 1 N–H and O–H groups in total. The highest BCUT2D eigenvalue weighted by Crippen LogP contribution is 2.40. The molecule has 0 aromatic heterocycles. The van der Waals surface area contributed by atoms with Gasteiger partial charge in [-0.05, 0) is 38.1 Å². The van der Waals surface area contributed by atoms with E-state index in [9.17, 15) is 13.2 Å². The molecule has 2 rings (SSSR count). The summed E-state index contributed by atoms with van der Waals surface area (Å²) in [5, 5.41) is 3.05.